The lowest BCUT2D eigenvalue weighted by atomic mass is 10.6. The van der Waals surface area contributed by atoms with Gasteiger partial charge in [0.25, 0.3) is 5.90 Å². The molecule has 0 aromatic heterocycles. The van der Waals surface area contributed by atoms with Gasteiger partial charge in [-0.05, 0) is 12.2 Å². The third kappa shape index (κ3) is 6.77. The van der Waals surface area contributed by atoms with Gasteiger partial charge in [-0.15, -0.1) is 0 Å². The van der Waals surface area contributed by atoms with Crippen LogP contribution < -0.4 is 10.6 Å². The molecule has 4 N–H and O–H groups in total. The standard InChI is InChI=1S/C10H14N4O4/c1-3-7(11)13-5-17-9(12)10(16)18-6-14-8(15)4-2/h3-4,12H,1-2,5-6H2,(H2,11,13)(H,14,15). The highest BCUT2D eigenvalue weighted by Crippen LogP contribution is 1.84. The Morgan fingerprint density at radius 1 is 1.06 bits per heavy atom. The van der Waals surface area contributed by atoms with Crippen LogP contribution in [-0.4, -0.2) is 37.1 Å². The van der Waals surface area contributed by atoms with Crippen LogP contribution in [0.4, 0.5) is 0 Å². The lowest BCUT2D eigenvalue weighted by Crippen LogP contribution is -2.31. The van der Waals surface area contributed by atoms with Gasteiger partial charge in [-0.3, -0.25) is 15.6 Å². The number of hydrogen-bond acceptors (Lipinski definition) is 6. The molecule has 0 aromatic carbocycles. The van der Waals surface area contributed by atoms with E-state index >= 15 is 0 Å². The molecule has 0 aromatic rings. The average Bonchev–Trinajstić information content (AvgIpc) is 2.37. The van der Waals surface area contributed by atoms with E-state index in [2.05, 4.69) is 33.3 Å². The minimum atomic E-state index is -1.04. The molecular formula is C10H14N4O4. The number of amides is 1. The van der Waals surface area contributed by atoms with Crippen molar-refractivity contribution in [2.75, 3.05) is 13.5 Å². The number of hydrogen-bond donors (Lipinski definition) is 4. The van der Waals surface area contributed by atoms with Gasteiger partial charge >= 0.3 is 5.97 Å². The first-order chi connectivity index (χ1) is 8.51. The van der Waals surface area contributed by atoms with Gasteiger partial charge in [0.1, 0.15) is 5.84 Å². The summed E-state index contributed by atoms with van der Waals surface area (Å²) in [6.45, 7) is 5.90. The quantitative estimate of drug-likeness (QED) is 0.167. The molecular weight excluding hydrogens is 240 g/mol. The lowest BCUT2D eigenvalue weighted by Gasteiger charge is -2.08. The Hall–Kier alpha value is -2.64. The summed E-state index contributed by atoms with van der Waals surface area (Å²) in [5, 5.41) is 18.9. The molecule has 8 heteroatoms. The van der Waals surface area contributed by atoms with Crippen molar-refractivity contribution in [1.82, 2.24) is 10.6 Å². The van der Waals surface area contributed by atoms with Gasteiger partial charge < -0.3 is 20.1 Å². The Bertz CT molecular complexity index is 342. The van der Waals surface area contributed by atoms with Crippen LogP contribution in [0.5, 0.6) is 0 Å². The van der Waals surface area contributed by atoms with Crippen LogP contribution in [0.1, 0.15) is 0 Å². The average molecular weight is 254 g/mol. The normalized spacial score (nSPS) is 8.67. The molecule has 0 heterocycles. The third-order valence-corrected chi connectivity index (χ3v) is 1.50. The highest BCUT2D eigenvalue weighted by atomic mass is 16.6. The highest BCUT2D eigenvalue weighted by Gasteiger charge is 2.12. The maximum Gasteiger partial charge on any atom is 0.395 e. The van der Waals surface area contributed by atoms with Crippen LogP contribution in [0.3, 0.4) is 0 Å². The summed E-state index contributed by atoms with van der Waals surface area (Å²) in [4.78, 5) is 21.8. The molecule has 0 unspecified atom stereocenters. The van der Waals surface area contributed by atoms with E-state index in [0.29, 0.717) is 0 Å². The number of esters is 1. The van der Waals surface area contributed by atoms with E-state index in [1.807, 2.05) is 0 Å². The molecule has 0 aliphatic carbocycles. The predicted octanol–water partition coefficient (Wildman–Crippen LogP) is -0.506. The largest absolute Gasteiger partial charge is 0.452 e. The maximum atomic E-state index is 11.1. The van der Waals surface area contributed by atoms with Gasteiger partial charge in [-0.2, -0.15) is 0 Å². The molecule has 0 rings (SSSR count). The molecule has 1 amide bonds. The Kier molecular flexibility index (Phi) is 7.26. The molecule has 0 aliphatic heterocycles. The van der Waals surface area contributed by atoms with Crippen molar-refractivity contribution < 1.29 is 19.1 Å². The number of ether oxygens (including phenoxy) is 2. The van der Waals surface area contributed by atoms with Crippen LogP contribution in [-0.2, 0) is 19.1 Å². The second-order valence-corrected chi connectivity index (χ2v) is 2.73. The van der Waals surface area contributed by atoms with Gasteiger partial charge in [0.05, 0.1) is 0 Å². The summed E-state index contributed by atoms with van der Waals surface area (Å²) < 4.78 is 9.13. The number of rotatable bonds is 6. The molecule has 0 saturated heterocycles. The molecule has 0 saturated carbocycles. The summed E-state index contributed by atoms with van der Waals surface area (Å²) in [6.07, 6.45) is 2.25. The first-order valence-corrected chi connectivity index (χ1v) is 4.74. The van der Waals surface area contributed by atoms with Gasteiger partial charge in [0, 0.05) is 0 Å². The molecule has 0 atom stereocenters. The highest BCUT2D eigenvalue weighted by molar-refractivity contribution is 6.31. The van der Waals surface area contributed by atoms with Crippen LogP contribution >= 0.6 is 0 Å². The Morgan fingerprint density at radius 3 is 2.22 bits per heavy atom. The second-order valence-electron chi connectivity index (χ2n) is 2.73. The zero-order chi connectivity index (χ0) is 14.0. The zero-order valence-corrected chi connectivity index (χ0v) is 9.62. The first-order valence-electron chi connectivity index (χ1n) is 4.74. The molecule has 0 fully saturated rings. The first kappa shape index (κ1) is 15.4. The van der Waals surface area contributed by atoms with Crippen molar-refractivity contribution in [3.05, 3.63) is 25.3 Å². The predicted molar refractivity (Wildman–Crippen MR) is 64.0 cm³/mol. The fourth-order valence-electron chi connectivity index (χ4n) is 0.628. The van der Waals surface area contributed by atoms with E-state index in [-0.39, 0.29) is 19.3 Å². The monoisotopic (exact) mass is 254 g/mol. The summed E-state index contributed by atoms with van der Waals surface area (Å²) >= 11 is 0. The molecule has 98 valence electrons. The summed E-state index contributed by atoms with van der Waals surface area (Å²) in [6, 6.07) is 0. The minimum Gasteiger partial charge on any atom is -0.452 e. The number of carbonyl (C=O) groups is 2. The van der Waals surface area contributed by atoms with E-state index in [4.69, 9.17) is 10.8 Å². The Morgan fingerprint density at radius 2 is 1.67 bits per heavy atom. The van der Waals surface area contributed by atoms with E-state index in [9.17, 15) is 9.59 Å². The SMILES string of the molecule is C=CC(=N)NCOC(=N)C(=O)OCNC(=O)C=C. The number of amidine groups is 1. The molecule has 0 radical (unpaired) electrons. The maximum absolute atomic E-state index is 11.1. The van der Waals surface area contributed by atoms with Crippen LogP contribution in [0.15, 0.2) is 25.3 Å². The van der Waals surface area contributed by atoms with Crippen molar-refractivity contribution >= 4 is 23.6 Å². The number of nitrogens with one attached hydrogen (secondary N) is 4. The zero-order valence-electron chi connectivity index (χ0n) is 9.62. The van der Waals surface area contributed by atoms with Crippen molar-refractivity contribution in [3.63, 3.8) is 0 Å². The topological polar surface area (TPSA) is 124 Å². The van der Waals surface area contributed by atoms with Crippen LogP contribution in [0, 0.1) is 10.8 Å². The van der Waals surface area contributed by atoms with Gasteiger partial charge in [0.15, 0.2) is 13.5 Å². The summed E-state index contributed by atoms with van der Waals surface area (Å²) in [7, 11) is 0. The molecule has 0 bridgehead atoms. The van der Waals surface area contributed by atoms with Crippen molar-refractivity contribution in [2.24, 2.45) is 0 Å². The Labute approximate surface area is 104 Å². The smallest absolute Gasteiger partial charge is 0.395 e. The van der Waals surface area contributed by atoms with Crippen LogP contribution in [0.2, 0.25) is 0 Å². The fourth-order valence-corrected chi connectivity index (χ4v) is 0.628. The van der Waals surface area contributed by atoms with Gasteiger partial charge in [0.2, 0.25) is 5.91 Å². The van der Waals surface area contributed by atoms with Gasteiger partial charge in [-0.1, -0.05) is 13.2 Å². The van der Waals surface area contributed by atoms with E-state index in [0.717, 1.165) is 6.08 Å². The number of carbonyl (C=O) groups excluding carboxylic acids is 2. The minimum absolute atomic E-state index is 0.00517. The van der Waals surface area contributed by atoms with Crippen molar-refractivity contribution in [2.45, 2.75) is 0 Å². The molecule has 8 nitrogen and oxygen atoms in total. The summed E-state index contributed by atoms with van der Waals surface area (Å²) in [5.74, 6) is -2.29. The van der Waals surface area contributed by atoms with Crippen molar-refractivity contribution in [1.29, 1.82) is 10.8 Å². The third-order valence-electron chi connectivity index (χ3n) is 1.50. The van der Waals surface area contributed by atoms with E-state index in [1.54, 1.807) is 0 Å². The summed E-state index contributed by atoms with van der Waals surface area (Å²) in [5.41, 5.74) is 0. The Balaban J connectivity index is 3.79. The fraction of sp³-hybridized carbons (Fsp3) is 0.200. The molecule has 18 heavy (non-hydrogen) atoms. The van der Waals surface area contributed by atoms with Gasteiger partial charge in [-0.25, -0.2) is 4.79 Å². The second kappa shape index (κ2) is 8.50. The molecule has 0 aliphatic rings. The lowest BCUT2D eigenvalue weighted by molar-refractivity contribution is -0.139. The molecule has 0 spiro atoms. The van der Waals surface area contributed by atoms with Crippen molar-refractivity contribution in [3.8, 4) is 0 Å². The van der Waals surface area contributed by atoms with E-state index in [1.165, 1.54) is 6.08 Å². The van der Waals surface area contributed by atoms with Crippen LogP contribution in [0.25, 0.3) is 0 Å². The van der Waals surface area contributed by atoms with E-state index < -0.39 is 17.8 Å².